The first kappa shape index (κ1) is 19.3. The second kappa shape index (κ2) is 7.87. The second-order valence-corrected chi connectivity index (χ2v) is 9.58. The third kappa shape index (κ3) is 3.62. The lowest BCUT2D eigenvalue weighted by Gasteiger charge is -2.18. The molecule has 0 radical (unpaired) electrons. The molecule has 30 heavy (non-hydrogen) atoms. The quantitative estimate of drug-likeness (QED) is 0.694. The summed E-state index contributed by atoms with van der Waals surface area (Å²) in [6.07, 6.45) is 7.01. The molecular weight excluding hydrogens is 396 g/mol. The maximum absolute atomic E-state index is 13.1. The number of carbonyl (C=O) groups excluding carboxylic acids is 1. The minimum Gasteiger partial charge on any atom is -0.372 e. The van der Waals surface area contributed by atoms with E-state index in [-0.39, 0.29) is 18.0 Å². The number of nitrogens with zero attached hydrogens (tertiary/aromatic N) is 3. The number of anilines is 2. The number of hydrogen-bond donors (Lipinski definition) is 1. The zero-order chi connectivity index (χ0) is 20.7. The smallest absolute Gasteiger partial charge is 0.262 e. The number of benzene rings is 1. The Morgan fingerprint density at radius 2 is 2.00 bits per heavy atom. The van der Waals surface area contributed by atoms with Crippen molar-refractivity contribution < 1.29 is 4.79 Å². The molecule has 156 valence electrons. The van der Waals surface area contributed by atoms with Crippen molar-refractivity contribution in [3.8, 4) is 0 Å². The Balaban J connectivity index is 1.32. The van der Waals surface area contributed by atoms with Gasteiger partial charge in [0.25, 0.3) is 5.56 Å². The van der Waals surface area contributed by atoms with E-state index in [4.69, 9.17) is 0 Å². The number of hydrogen-bond acceptors (Lipinski definition) is 5. The fourth-order valence-electron chi connectivity index (χ4n) is 4.56. The van der Waals surface area contributed by atoms with Gasteiger partial charge in [-0.25, -0.2) is 4.98 Å². The van der Waals surface area contributed by atoms with Crippen LogP contribution in [0.5, 0.6) is 0 Å². The predicted octanol–water partition coefficient (Wildman–Crippen LogP) is 3.82. The average molecular weight is 423 g/mol. The van der Waals surface area contributed by atoms with Gasteiger partial charge < -0.3 is 10.2 Å². The van der Waals surface area contributed by atoms with Gasteiger partial charge in [-0.05, 0) is 67.9 Å². The minimum absolute atomic E-state index is 0.0311. The standard InChI is InChI=1S/C23H26N4O2S/c1-15-4-9-18-19(12-15)30-22-21(18)23(29)27(14-24-22)13-20(28)25-16-5-7-17(8-6-16)26-10-2-3-11-26/h5-8,14-15H,2-4,9-13H2,1H3,(H,25,28). The molecule has 2 aliphatic rings. The van der Waals surface area contributed by atoms with Crippen LogP contribution in [-0.2, 0) is 24.2 Å². The molecule has 1 aliphatic carbocycles. The highest BCUT2D eigenvalue weighted by Crippen LogP contribution is 2.35. The Bertz CT molecular complexity index is 1140. The monoisotopic (exact) mass is 422 g/mol. The first-order chi connectivity index (χ1) is 14.6. The largest absolute Gasteiger partial charge is 0.372 e. The number of aryl methyl sites for hydroxylation is 1. The molecule has 0 spiro atoms. The Hall–Kier alpha value is -2.67. The lowest BCUT2D eigenvalue weighted by atomic mass is 9.89. The Morgan fingerprint density at radius 1 is 1.23 bits per heavy atom. The van der Waals surface area contributed by atoms with E-state index in [1.807, 2.05) is 24.3 Å². The topological polar surface area (TPSA) is 67.2 Å². The van der Waals surface area contributed by atoms with Crippen LogP contribution < -0.4 is 15.8 Å². The third-order valence-corrected chi connectivity index (χ3v) is 7.38. The molecular formula is C23H26N4O2S. The molecule has 5 rings (SSSR count). The van der Waals surface area contributed by atoms with Crippen LogP contribution in [0, 0.1) is 5.92 Å². The molecule has 1 saturated heterocycles. The number of aromatic nitrogens is 2. The molecule has 1 N–H and O–H groups in total. The van der Waals surface area contributed by atoms with Crippen LogP contribution >= 0.6 is 11.3 Å². The Labute approximate surface area is 179 Å². The summed E-state index contributed by atoms with van der Waals surface area (Å²) in [5, 5.41) is 3.62. The molecule has 0 bridgehead atoms. The lowest BCUT2D eigenvalue weighted by Crippen LogP contribution is -2.28. The first-order valence-corrected chi connectivity index (χ1v) is 11.5. The molecule has 1 amide bonds. The molecule has 1 aliphatic heterocycles. The van der Waals surface area contributed by atoms with E-state index in [9.17, 15) is 9.59 Å². The van der Waals surface area contributed by atoms with Gasteiger partial charge in [0.1, 0.15) is 11.4 Å². The molecule has 3 aromatic rings. The van der Waals surface area contributed by atoms with Gasteiger partial charge in [-0.15, -0.1) is 11.3 Å². The molecule has 2 aromatic heterocycles. The van der Waals surface area contributed by atoms with Crippen molar-refractivity contribution in [1.29, 1.82) is 0 Å². The summed E-state index contributed by atoms with van der Waals surface area (Å²) in [4.78, 5) is 34.6. The fourth-order valence-corrected chi connectivity index (χ4v) is 5.91. The summed E-state index contributed by atoms with van der Waals surface area (Å²) in [5.74, 6) is 0.431. The van der Waals surface area contributed by atoms with E-state index in [2.05, 4.69) is 22.1 Å². The van der Waals surface area contributed by atoms with Crippen molar-refractivity contribution >= 4 is 38.8 Å². The van der Waals surface area contributed by atoms with Crippen LogP contribution in [0.4, 0.5) is 11.4 Å². The number of nitrogens with one attached hydrogen (secondary N) is 1. The Morgan fingerprint density at radius 3 is 2.77 bits per heavy atom. The lowest BCUT2D eigenvalue weighted by molar-refractivity contribution is -0.116. The summed E-state index contributed by atoms with van der Waals surface area (Å²) in [6, 6.07) is 7.93. The number of carbonyl (C=O) groups is 1. The molecule has 3 heterocycles. The summed E-state index contributed by atoms with van der Waals surface area (Å²) >= 11 is 1.63. The van der Waals surface area contributed by atoms with Gasteiger partial charge in [0.15, 0.2) is 0 Å². The number of thiophene rings is 1. The zero-order valence-electron chi connectivity index (χ0n) is 17.2. The van der Waals surface area contributed by atoms with Crippen LogP contribution in [-0.4, -0.2) is 28.5 Å². The van der Waals surface area contributed by atoms with Crippen molar-refractivity contribution in [2.75, 3.05) is 23.3 Å². The molecule has 1 fully saturated rings. The fraction of sp³-hybridized carbons (Fsp3) is 0.435. The number of fused-ring (bicyclic) bond motifs is 3. The highest BCUT2D eigenvalue weighted by molar-refractivity contribution is 7.18. The van der Waals surface area contributed by atoms with Crippen molar-refractivity contribution in [2.45, 2.75) is 45.6 Å². The third-order valence-electron chi connectivity index (χ3n) is 6.22. The van der Waals surface area contributed by atoms with Crippen LogP contribution in [0.25, 0.3) is 10.2 Å². The van der Waals surface area contributed by atoms with E-state index >= 15 is 0 Å². The molecule has 6 nitrogen and oxygen atoms in total. The van der Waals surface area contributed by atoms with Gasteiger partial charge in [-0.1, -0.05) is 6.92 Å². The van der Waals surface area contributed by atoms with Crippen molar-refractivity contribution in [2.24, 2.45) is 5.92 Å². The molecule has 1 unspecified atom stereocenters. The van der Waals surface area contributed by atoms with E-state index in [0.717, 1.165) is 48.4 Å². The molecule has 7 heteroatoms. The highest BCUT2D eigenvalue weighted by atomic mass is 32.1. The average Bonchev–Trinajstić information content (AvgIpc) is 3.38. The van der Waals surface area contributed by atoms with Crippen LogP contribution in [0.3, 0.4) is 0 Å². The first-order valence-electron chi connectivity index (χ1n) is 10.7. The summed E-state index contributed by atoms with van der Waals surface area (Å²) in [5.41, 5.74) is 2.98. The second-order valence-electron chi connectivity index (χ2n) is 8.50. The van der Waals surface area contributed by atoms with E-state index < -0.39 is 0 Å². The number of rotatable bonds is 4. The minimum atomic E-state index is -0.218. The summed E-state index contributed by atoms with van der Waals surface area (Å²) < 4.78 is 1.43. The van der Waals surface area contributed by atoms with Gasteiger partial charge in [0.2, 0.25) is 5.91 Å². The summed E-state index contributed by atoms with van der Waals surface area (Å²) in [6.45, 7) is 4.41. The van der Waals surface area contributed by atoms with Crippen molar-refractivity contribution in [3.63, 3.8) is 0 Å². The van der Waals surface area contributed by atoms with Gasteiger partial charge in [0, 0.05) is 29.3 Å². The molecule has 0 saturated carbocycles. The molecule has 1 aromatic carbocycles. The zero-order valence-corrected chi connectivity index (χ0v) is 18.0. The van der Waals surface area contributed by atoms with Gasteiger partial charge in [-0.2, -0.15) is 0 Å². The maximum Gasteiger partial charge on any atom is 0.262 e. The van der Waals surface area contributed by atoms with Crippen LogP contribution in [0.15, 0.2) is 35.4 Å². The van der Waals surface area contributed by atoms with E-state index in [0.29, 0.717) is 11.3 Å². The van der Waals surface area contributed by atoms with Crippen LogP contribution in [0.1, 0.15) is 36.6 Å². The van der Waals surface area contributed by atoms with Gasteiger partial charge >= 0.3 is 0 Å². The molecule has 1 atom stereocenters. The summed E-state index contributed by atoms with van der Waals surface area (Å²) in [7, 11) is 0. The predicted molar refractivity (Wildman–Crippen MR) is 122 cm³/mol. The van der Waals surface area contributed by atoms with E-state index in [1.165, 1.54) is 34.3 Å². The maximum atomic E-state index is 13.1. The SMILES string of the molecule is CC1CCc2c(sc3ncn(CC(=O)Nc4ccc(N5CCCC5)cc4)c(=O)c23)C1. The van der Waals surface area contributed by atoms with Gasteiger partial charge in [-0.3, -0.25) is 14.2 Å². The highest BCUT2D eigenvalue weighted by Gasteiger charge is 2.23. The van der Waals surface area contributed by atoms with Crippen molar-refractivity contribution in [1.82, 2.24) is 9.55 Å². The normalized spacial score (nSPS) is 18.6. The van der Waals surface area contributed by atoms with Crippen LogP contribution in [0.2, 0.25) is 0 Å². The Kier molecular flexibility index (Phi) is 5.06. The van der Waals surface area contributed by atoms with Gasteiger partial charge in [0.05, 0.1) is 11.7 Å². The van der Waals surface area contributed by atoms with E-state index in [1.54, 1.807) is 11.3 Å². The van der Waals surface area contributed by atoms with Crippen molar-refractivity contribution in [3.05, 3.63) is 51.4 Å². The number of amides is 1.